The first kappa shape index (κ1) is 16.1. The summed E-state index contributed by atoms with van der Waals surface area (Å²) in [5.41, 5.74) is 0.700. The van der Waals surface area contributed by atoms with Crippen molar-refractivity contribution in [2.24, 2.45) is 0 Å². The third-order valence-corrected chi connectivity index (χ3v) is 3.28. The lowest BCUT2D eigenvalue weighted by atomic mass is 10.2. The van der Waals surface area contributed by atoms with Gasteiger partial charge in [-0.15, -0.1) is 5.10 Å². The number of aromatic nitrogens is 3. The molecule has 0 saturated carbocycles. The van der Waals surface area contributed by atoms with Gasteiger partial charge < -0.3 is 0 Å². The van der Waals surface area contributed by atoms with Crippen LogP contribution >= 0.6 is 0 Å². The summed E-state index contributed by atoms with van der Waals surface area (Å²) < 4.78 is 66.1. The van der Waals surface area contributed by atoms with Crippen LogP contribution in [0.15, 0.2) is 60.7 Å². The Labute approximate surface area is 133 Å². The van der Waals surface area contributed by atoms with Crippen LogP contribution in [0.4, 0.5) is 22.0 Å². The van der Waals surface area contributed by atoms with E-state index >= 15 is 0 Å². The topological polar surface area (TPSA) is 30.7 Å². The van der Waals surface area contributed by atoms with Crippen LogP contribution in [0, 0.1) is 0 Å². The molecule has 0 aliphatic carbocycles. The van der Waals surface area contributed by atoms with E-state index in [-0.39, 0.29) is 5.82 Å². The number of benzene rings is 2. The quantitative estimate of drug-likeness (QED) is 0.654. The SMILES string of the molecule is FC(F)(F)C(F)(F)c1nc(-c2ccccc2)n(-c2ccccc2)n1. The summed E-state index contributed by atoms with van der Waals surface area (Å²) >= 11 is 0. The second-order valence-electron chi connectivity index (χ2n) is 4.94. The zero-order valence-corrected chi connectivity index (χ0v) is 12.0. The fraction of sp³-hybridized carbons (Fsp3) is 0.125. The van der Waals surface area contributed by atoms with Crippen LogP contribution in [0.1, 0.15) is 5.82 Å². The molecule has 0 aliphatic heterocycles. The lowest BCUT2D eigenvalue weighted by Gasteiger charge is -2.15. The van der Waals surface area contributed by atoms with Crippen molar-refractivity contribution in [3.8, 4) is 17.1 Å². The van der Waals surface area contributed by atoms with E-state index in [9.17, 15) is 22.0 Å². The molecule has 0 bridgehead atoms. The second kappa shape index (κ2) is 5.70. The predicted molar refractivity (Wildman–Crippen MR) is 76.7 cm³/mol. The predicted octanol–water partition coefficient (Wildman–Crippen LogP) is 4.59. The standard InChI is InChI=1S/C16H10F5N3/c17-15(18,16(19,20)21)14-22-13(11-7-3-1-4-8-11)24(23-14)12-9-5-2-6-10-12/h1-10H. The van der Waals surface area contributed by atoms with E-state index in [1.807, 2.05) is 0 Å². The van der Waals surface area contributed by atoms with Crippen LogP contribution in [0.5, 0.6) is 0 Å². The molecule has 0 spiro atoms. The third-order valence-electron chi connectivity index (χ3n) is 3.28. The summed E-state index contributed by atoms with van der Waals surface area (Å²) in [6.45, 7) is 0. The van der Waals surface area contributed by atoms with Gasteiger partial charge in [0.15, 0.2) is 5.82 Å². The van der Waals surface area contributed by atoms with Crippen molar-refractivity contribution in [1.82, 2.24) is 14.8 Å². The summed E-state index contributed by atoms with van der Waals surface area (Å²) in [6.07, 6.45) is -5.77. The molecule has 124 valence electrons. The van der Waals surface area contributed by atoms with Crippen molar-refractivity contribution >= 4 is 0 Å². The number of nitrogens with zero attached hydrogens (tertiary/aromatic N) is 3. The first-order valence-corrected chi connectivity index (χ1v) is 6.83. The molecule has 2 aromatic carbocycles. The van der Waals surface area contributed by atoms with Gasteiger partial charge in [0.2, 0.25) is 5.82 Å². The molecule has 8 heteroatoms. The van der Waals surface area contributed by atoms with E-state index in [4.69, 9.17) is 0 Å². The normalized spacial score (nSPS) is 12.4. The minimum absolute atomic E-state index is 0.0966. The van der Waals surface area contributed by atoms with Crippen molar-refractivity contribution in [3.63, 3.8) is 0 Å². The Bertz CT molecular complexity index is 769. The molecule has 1 heterocycles. The molecule has 1 aromatic heterocycles. The molecule has 3 rings (SSSR count). The maximum Gasteiger partial charge on any atom is 0.461 e. The molecule has 0 fully saturated rings. The zero-order chi connectivity index (χ0) is 17.4. The molecule has 24 heavy (non-hydrogen) atoms. The molecule has 3 nitrogen and oxygen atoms in total. The molecular weight excluding hydrogens is 329 g/mol. The van der Waals surface area contributed by atoms with Gasteiger partial charge in [-0.25, -0.2) is 9.67 Å². The van der Waals surface area contributed by atoms with Crippen molar-refractivity contribution < 1.29 is 22.0 Å². The Morgan fingerprint density at radius 2 is 1.29 bits per heavy atom. The van der Waals surface area contributed by atoms with Crippen molar-refractivity contribution in [2.45, 2.75) is 12.1 Å². The highest BCUT2D eigenvalue weighted by atomic mass is 19.4. The van der Waals surface area contributed by atoms with Gasteiger partial charge in [0.25, 0.3) is 0 Å². The fourth-order valence-corrected chi connectivity index (χ4v) is 2.10. The monoisotopic (exact) mass is 339 g/mol. The number of hydrogen-bond donors (Lipinski definition) is 0. The highest BCUT2D eigenvalue weighted by molar-refractivity contribution is 5.58. The van der Waals surface area contributed by atoms with E-state index in [0.717, 1.165) is 4.68 Å². The van der Waals surface area contributed by atoms with Crippen LogP contribution < -0.4 is 0 Å². The fourth-order valence-electron chi connectivity index (χ4n) is 2.10. The molecule has 0 N–H and O–H groups in total. The molecule has 0 aliphatic rings. The number of rotatable bonds is 3. The van der Waals surface area contributed by atoms with Gasteiger partial charge in [-0.3, -0.25) is 0 Å². The number of alkyl halides is 5. The maximum atomic E-state index is 13.6. The Kier molecular flexibility index (Phi) is 3.82. The number of halogens is 5. The maximum absolute atomic E-state index is 13.6. The molecule has 0 amide bonds. The molecule has 3 aromatic rings. The summed E-state index contributed by atoms with van der Waals surface area (Å²) in [5.74, 6) is -6.82. The van der Waals surface area contributed by atoms with Gasteiger partial charge in [-0.05, 0) is 12.1 Å². The average molecular weight is 339 g/mol. The molecule has 0 unspecified atom stereocenters. The lowest BCUT2D eigenvalue weighted by molar-refractivity contribution is -0.292. The Balaban J connectivity index is 2.21. The van der Waals surface area contributed by atoms with Crippen molar-refractivity contribution in [1.29, 1.82) is 0 Å². The number of hydrogen-bond acceptors (Lipinski definition) is 2. The highest BCUT2D eigenvalue weighted by Crippen LogP contribution is 2.43. The van der Waals surface area contributed by atoms with Gasteiger partial charge in [0, 0.05) is 5.56 Å². The van der Waals surface area contributed by atoms with Gasteiger partial charge >= 0.3 is 12.1 Å². The van der Waals surface area contributed by atoms with Gasteiger partial charge in [-0.2, -0.15) is 22.0 Å². The summed E-state index contributed by atoms with van der Waals surface area (Å²) in [5, 5.41) is 3.43. The first-order valence-electron chi connectivity index (χ1n) is 6.83. The Hall–Kier alpha value is -2.77. The van der Waals surface area contributed by atoms with Crippen LogP contribution in [0.3, 0.4) is 0 Å². The van der Waals surface area contributed by atoms with E-state index in [1.54, 1.807) is 48.5 Å². The van der Waals surface area contributed by atoms with E-state index in [2.05, 4.69) is 10.1 Å². The lowest BCUT2D eigenvalue weighted by Crippen LogP contribution is -2.34. The van der Waals surface area contributed by atoms with Gasteiger partial charge in [-0.1, -0.05) is 48.5 Å². The summed E-state index contributed by atoms with van der Waals surface area (Å²) in [6, 6.07) is 16.1. The minimum Gasteiger partial charge on any atom is -0.213 e. The van der Waals surface area contributed by atoms with Gasteiger partial charge in [0.1, 0.15) is 0 Å². The third kappa shape index (κ3) is 2.75. The Morgan fingerprint density at radius 3 is 1.83 bits per heavy atom. The van der Waals surface area contributed by atoms with Gasteiger partial charge in [0.05, 0.1) is 5.69 Å². The van der Waals surface area contributed by atoms with Crippen LogP contribution in [0.25, 0.3) is 17.1 Å². The summed E-state index contributed by atoms with van der Waals surface area (Å²) in [4.78, 5) is 3.48. The second-order valence-corrected chi connectivity index (χ2v) is 4.94. The van der Waals surface area contributed by atoms with Crippen molar-refractivity contribution in [2.75, 3.05) is 0 Å². The van der Waals surface area contributed by atoms with Crippen molar-refractivity contribution in [3.05, 3.63) is 66.5 Å². The Morgan fingerprint density at radius 1 is 0.750 bits per heavy atom. The largest absolute Gasteiger partial charge is 0.461 e. The highest BCUT2D eigenvalue weighted by Gasteiger charge is 2.62. The smallest absolute Gasteiger partial charge is 0.213 e. The van der Waals surface area contributed by atoms with Crippen LogP contribution in [0.2, 0.25) is 0 Å². The molecule has 0 saturated heterocycles. The first-order chi connectivity index (χ1) is 11.3. The van der Waals surface area contributed by atoms with E-state index in [1.165, 1.54) is 12.1 Å². The molecule has 0 atom stereocenters. The van der Waals surface area contributed by atoms with E-state index in [0.29, 0.717) is 11.3 Å². The average Bonchev–Trinajstić information content (AvgIpc) is 3.01. The van der Waals surface area contributed by atoms with E-state index < -0.39 is 17.9 Å². The molecule has 0 radical (unpaired) electrons. The summed E-state index contributed by atoms with van der Waals surface area (Å²) in [7, 11) is 0. The van der Waals surface area contributed by atoms with Crippen LogP contribution in [-0.2, 0) is 5.92 Å². The zero-order valence-electron chi connectivity index (χ0n) is 12.0. The minimum atomic E-state index is -5.77. The molecular formula is C16H10F5N3. The van der Waals surface area contributed by atoms with Crippen LogP contribution in [-0.4, -0.2) is 20.9 Å². The number of para-hydroxylation sites is 1.